The van der Waals surface area contributed by atoms with Gasteiger partial charge in [-0.1, -0.05) is 25.4 Å². The highest BCUT2D eigenvalue weighted by Gasteiger charge is 2.22. The second kappa shape index (κ2) is 7.12. The predicted octanol–water partition coefficient (Wildman–Crippen LogP) is 3.00. The van der Waals surface area contributed by atoms with Gasteiger partial charge in [0.05, 0.1) is 9.94 Å². The van der Waals surface area contributed by atoms with Gasteiger partial charge in [0, 0.05) is 17.8 Å². The van der Waals surface area contributed by atoms with Gasteiger partial charge < -0.3 is 10.4 Å². The monoisotopic (exact) mass is 289 g/mol. The molecule has 0 atom stereocenters. The van der Waals surface area contributed by atoms with Crippen LogP contribution in [0.15, 0.2) is 12.1 Å². The number of aryl methyl sites for hydroxylation is 1. The Bertz CT molecular complexity index is 388. The SMILES string of the molecule is CCC(O)(CC)CNC(=O)CCc1ccc(Cl)s1. The van der Waals surface area contributed by atoms with Gasteiger partial charge in [-0.2, -0.15) is 0 Å². The van der Waals surface area contributed by atoms with Gasteiger partial charge >= 0.3 is 0 Å². The van der Waals surface area contributed by atoms with E-state index in [0.29, 0.717) is 32.2 Å². The first-order chi connectivity index (χ1) is 8.49. The van der Waals surface area contributed by atoms with E-state index in [-0.39, 0.29) is 5.91 Å². The third kappa shape index (κ3) is 4.96. The Morgan fingerprint density at radius 2 is 2.11 bits per heavy atom. The second-order valence-electron chi connectivity index (χ2n) is 4.41. The van der Waals surface area contributed by atoms with Crippen molar-refractivity contribution in [1.82, 2.24) is 5.32 Å². The standard InChI is InChI=1S/C13H20ClNO2S/c1-3-13(17,4-2)9-15-12(16)8-6-10-5-7-11(14)18-10/h5,7,17H,3-4,6,8-9H2,1-2H3,(H,15,16). The molecule has 0 unspecified atom stereocenters. The molecule has 1 amide bonds. The number of nitrogens with one attached hydrogen (secondary N) is 1. The minimum atomic E-state index is -0.776. The average Bonchev–Trinajstić information content (AvgIpc) is 2.79. The average molecular weight is 290 g/mol. The van der Waals surface area contributed by atoms with Gasteiger partial charge in [0.25, 0.3) is 0 Å². The predicted molar refractivity (Wildman–Crippen MR) is 76.2 cm³/mol. The summed E-state index contributed by atoms with van der Waals surface area (Å²) in [7, 11) is 0. The maximum Gasteiger partial charge on any atom is 0.220 e. The molecule has 3 nitrogen and oxygen atoms in total. The normalized spacial score (nSPS) is 11.6. The summed E-state index contributed by atoms with van der Waals surface area (Å²) in [6, 6.07) is 3.78. The smallest absolute Gasteiger partial charge is 0.220 e. The molecule has 0 aliphatic carbocycles. The van der Waals surface area contributed by atoms with Gasteiger partial charge in [-0.05, 0) is 31.4 Å². The number of amides is 1. The summed E-state index contributed by atoms with van der Waals surface area (Å²) in [5, 5.41) is 12.8. The molecule has 0 aliphatic rings. The largest absolute Gasteiger partial charge is 0.388 e. The molecule has 0 aliphatic heterocycles. The van der Waals surface area contributed by atoms with E-state index in [1.807, 2.05) is 26.0 Å². The van der Waals surface area contributed by atoms with Crippen molar-refractivity contribution in [2.45, 2.75) is 45.1 Å². The van der Waals surface area contributed by atoms with Crippen molar-refractivity contribution in [2.75, 3.05) is 6.54 Å². The fourth-order valence-electron chi connectivity index (χ4n) is 1.57. The Hall–Kier alpha value is -0.580. The summed E-state index contributed by atoms with van der Waals surface area (Å²) in [6.07, 6.45) is 2.41. The van der Waals surface area contributed by atoms with Crippen molar-refractivity contribution in [3.63, 3.8) is 0 Å². The van der Waals surface area contributed by atoms with E-state index in [2.05, 4.69) is 5.32 Å². The lowest BCUT2D eigenvalue weighted by molar-refractivity contribution is -0.122. The molecule has 0 saturated carbocycles. The van der Waals surface area contributed by atoms with E-state index in [1.54, 1.807) is 0 Å². The first-order valence-electron chi connectivity index (χ1n) is 6.22. The molecule has 1 rings (SSSR count). The van der Waals surface area contributed by atoms with Crippen LogP contribution in [-0.2, 0) is 11.2 Å². The van der Waals surface area contributed by atoms with E-state index >= 15 is 0 Å². The molecular weight excluding hydrogens is 270 g/mol. The van der Waals surface area contributed by atoms with Gasteiger partial charge in [-0.25, -0.2) is 0 Å². The zero-order valence-corrected chi connectivity index (χ0v) is 12.4. The summed E-state index contributed by atoms with van der Waals surface area (Å²) < 4.78 is 0.747. The number of thiophene rings is 1. The molecule has 0 bridgehead atoms. The van der Waals surface area contributed by atoms with Crippen molar-refractivity contribution in [3.8, 4) is 0 Å². The molecule has 2 N–H and O–H groups in total. The van der Waals surface area contributed by atoms with Crippen LogP contribution in [0.3, 0.4) is 0 Å². The van der Waals surface area contributed by atoms with Gasteiger partial charge in [-0.15, -0.1) is 11.3 Å². The lowest BCUT2D eigenvalue weighted by atomic mass is 9.97. The van der Waals surface area contributed by atoms with Crippen molar-refractivity contribution >= 4 is 28.8 Å². The van der Waals surface area contributed by atoms with Gasteiger partial charge in [0.2, 0.25) is 5.91 Å². The summed E-state index contributed by atoms with van der Waals surface area (Å²) in [5.41, 5.74) is -0.776. The minimum absolute atomic E-state index is 0.0279. The summed E-state index contributed by atoms with van der Waals surface area (Å²) in [4.78, 5) is 12.8. The van der Waals surface area contributed by atoms with Gasteiger partial charge in [-0.3, -0.25) is 4.79 Å². The molecule has 1 aromatic heterocycles. The topological polar surface area (TPSA) is 49.3 Å². The lowest BCUT2D eigenvalue weighted by Gasteiger charge is -2.25. The Labute approximate surface area is 117 Å². The van der Waals surface area contributed by atoms with Crippen molar-refractivity contribution in [3.05, 3.63) is 21.3 Å². The summed E-state index contributed by atoms with van der Waals surface area (Å²) >= 11 is 7.32. The molecule has 0 radical (unpaired) electrons. The van der Waals surface area contributed by atoms with Crippen molar-refractivity contribution < 1.29 is 9.90 Å². The van der Waals surface area contributed by atoms with Crippen LogP contribution in [0.1, 0.15) is 38.0 Å². The zero-order chi connectivity index (χ0) is 13.6. The van der Waals surface area contributed by atoms with E-state index in [9.17, 15) is 9.90 Å². The molecule has 1 aromatic rings. The van der Waals surface area contributed by atoms with Crippen molar-refractivity contribution in [1.29, 1.82) is 0 Å². The number of aliphatic hydroxyl groups is 1. The molecule has 102 valence electrons. The van der Waals surface area contributed by atoms with Crippen LogP contribution in [0.4, 0.5) is 0 Å². The van der Waals surface area contributed by atoms with Crippen LogP contribution < -0.4 is 5.32 Å². The fourth-order valence-corrected chi connectivity index (χ4v) is 2.66. The summed E-state index contributed by atoms with van der Waals surface area (Å²) in [5.74, 6) is -0.0279. The highest BCUT2D eigenvalue weighted by molar-refractivity contribution is 7.16. The Kier molecular flexibility index (Phi) is 6.12. The minimum Gasteiger partial charge on any atom is -0.388 e. The number of rotatable bonds is 7. The molecule has 0 saturated heterocycles. The van der Waals surface area contributed by atoms with Crippen LogP contribution in [-0.4, -0.2) is 23.2 Å². The number of carbonyl (C=O) groups is 1. The highest BCUT2D eigenvalue weighted by atomic mass is 35.5. The molecule has 18 heavy (non-hydrogen) atoms. The lowest BCUT2D eigenvalue weighted by Crippen LogP contribution is -2.42. The maximum atomic E-state index is 11.7. The number of hydrogen-bond donors (Lipinski definition) is 2. The summed E-state index contributed by atoms with van der Waals surface area (Å²) in [6.45, 7) is 4.16. The Morgan fingerprint density at radius 1 is 1.44 bits per heavy atom. The second-order valence-corrected chi connectivity index (χ2v) is 6.21. The quantitative estimate of drug-likeness (QED) is 0.811. The Balaban J connectivity index is 2.30. The molecule has 0 aromatic carbocycles. The molecule has 5 heteroatoms. The molecule has 1 heterocycles. The van der Waals surface area contributed by atoms with E-state index in [0.717, 1.165) is 9.21 Å². The van der Waals surface area contributed by atoms with Crippen LogP contribution in [0.5, 0.6) is 0 Å². The van der Waals surface area contributed by atoms with E-state index in [1.165, 1.54) is 11.3 Å². The van der Waals surface area contributed by atoms with Crippen LogP contribution in [0, 0.1) is 0 Å². The number of carbonyl (C=O) groups excluding carboxylic acids is 1. The molecular formula is C13H20ClNO2S. The maximum absolute atomic E-state index is 11.7. The fraction of sp³-hybridized carbons (Fsp3) is 0.615. The first kappa shape index (κ1) is 15.5. The van der Waals surface area contributed by atoms with E-state index in [4.69, 9.17) is 11.6 Å². The van der Waals surface area contributed by atoms with Crippen LogP contribution >= 0.6 is 22.9 Å². The molecule has 0 spiro atoms. The third-order valence-corrected chi connectivity index (χ3v) is 4.45. The highest BCUT2D eigenvalue weighted by Crippen LogP contribution is 2.22. The zero-order valence-electron chi connectivity index (χ0n) is 10.8. The van der Waals surface area contributed by atoms with Crippen molar-refractivity contribution in [2.24, 2.45) is 0 Å². The Morgan fingerprint density at radius 3 is 2.61 bits per heavy atom. The third-order valence-electron chi connectivity index (χ3n) is 3.16. The van der Waals surface area contributed by atoms with Gasteiger partial charge in [0.1, 0.15) is 0 Å². The van der Waals surface area contributed by atoms with E-state index < -0.39 is 5.60 Å². The number of hydrogen-bond acceptors (Lipinski definition) is 3. The first-order valence-corrected chi connectivity index (χ1v) is 7.42. The number of halogens is 1. The molecule has 0 fully saturated rings. The van der Waals surface area contributed by atoms with Crippen LogP contribution in [0.2, 0.25) is 4.34 Å². The van der Waals surface area contributed by atoms with Gasteiger partial charge in [0.15, 0.2) is 0 Å². The van der Waals surface area contributed by atoms with Crippen LogP contribution in [0.25, 0.3) is 0 Å².